The number of hydrogen-bond acceptors (Lipinski definition) is 6. The molecule has 0 radical (unpaired) electrons. The average Bonchev–Trinajstić information content (AvgIpc) is 3.22. The fourth-order valence-corrected chi connectivity index (χ4v) is 7.47. The molecule has 2 heterocycles. The second-order valence-electron chi connectivity index (χ2n) is 9.08. The Balaban J connectivity index is 1.65. The molecule has 0 fully saturated rings. The van der Waals surface area contributed by atoms with Crippen molar-refractivity contribution in [1.82, 2.24) is 4.57 Å². The third kappa shape index (κ3) is 6.35. The molecular formula is C30H22BrClFIN2O4S. The summed E-state index contributed by atoms with van der Waals surface area (Å²) in [4.78, 5) is 32.0. The van der Waals surface area contributed by atoms with E-state index in [1.165, 1.54) is 28.0 Å². The number of thiazole rings is 1. The Morgan fingerprint density at radius 1 is 1.22 bits per heavy atom. The van der Waals surface area contributed by atoms with Gasteiger partial charge in [-0.2, -0.15) is 0 Å². The highest BCUT2D eigenvalue weighted by Crippen LogP contribution is 2.33. The average molecular weight is 768 g/mol. The van der Waals surface area contributed by atoms with Crippen LogP contribution in [0, 0.1) is 9.39 Å². The number of hydrogen-bond donors (Lipinski definition) is 0. The third-order valence-corrected chi connectivity index (χ3v) is 8.78. The molecule has 1 aromatic heterocycles. The predicted molar refractivity (Wildman–Crippen MR) is 169 cm³/mol. The molecule has 0 spiro atoms. The van der Waals surface area contributed by atoms with Gasteiger partial charge in [0, 0.05) is 15.1 Å². The van der Waals surface area contributed by atoms with Gasteiger partial charge < -0.3 is 9.47 Å². The highest BCUT2D eigenvalue weighted by molar-refractivity contribution is 14.1. The van der Waals surface area contributed by atoms with Gasteiger partial charge in [-0.15, -0.1) is 0 Å². The van der Waals surface area contributed by atoms with Crippen LogP contribution >= 0.6 is 61.5 Å². The van der Waals surface area contributed by atoms with E-state index in [0.717, 1.165) is 13.6 Å². The van der Waals surface area contributed by atoms with Gasteiger partial charge >= 0.3 is 5.97 Å². The van der Waals surface area contributed by atoms with Crippen molar-refractivity contribution in [3.63, 3.8) is 0 Å². The van der Waals surface area contributed by atoms with Crippen LogP contribution in [0.1, 0.15) is 36.6 Å². The first-order valence-electron chi connectivity index (χ1n) is 12.5. The highest BCUT2D eigenvalue weighted by atomic mass is 127. The SMILES string of the molecule is CCOC(=O)C1=C(C)N=c2s/c(=C\c3cc(Br)cc(I)c3OCc3cccc(Cl)c3)c(=O)n2[C@@H]1c1ccc(F)cc1. The Morgan fingerprint density at radius 2 is 1.98 bits per heavy atom. The van der Waals surface area contributed by atoms with Gasteiger partial charge in [-0.1, -0.05) is 63.1 Å². The summed E-state index contributed by atoms with van der Waals surface area (Å²) in [7, 11) is 0. The van der Waals surface area contributed by atoms with Crippen LogP contribution in [-0.4, -0.2) is 17.1 Å². The van der Waals surface area contributed by atoms with Gasteiger partial charge in [0.25, 0.3) is 5.56 Å². The smallest absolute Gasteiger partial charge is 0.338 e. The Morgan fingerprint density at radius 3 is 2.68 bits per heavy atom. The van der Waals surface area contributed by atoms with Gasteiger partial charge in [0.05, 0.1) is 32.0 Å². The minimum atomic E-state index is -0.825. The lowest BCUT2D eigenvalue weighted by atomic mass is 9.96. The number of halogens is 4. The van der Waals surface area contributed by atoms with Crippen molar-refractivity contribution in [3.05, 3.63) is 127 Å². The minimum absolute atomic E-state index is 0.162. The van der Waals surface area contributed by atoms with E-state index >= 15 is 0 Å². The molecule has 0 saturated carbocycles. The van der Waals surface area contributed by atoms with Crippen molar-refractivity contribution in [2.75, 3.05) is 6.61 Å². The maximum absolute atomic E-state index is 14.0. The second kappa shape index (κ2) is 12.6. The van der Waals surface area contributed by atoms with E-state index in [-0.39, 0.29) is 24.3 Å². The molecule has 0 N–H and O–H groups in total. The number of carbonyl (C=O) groups excluding carboxylic acids is 1. The fraction of sp³-hybridized carbons (Fsp3) is 0.167. The normalized spacial score (nSPS) is 15.0. The zero-order valence-electron chi connectivity index (χ0n) is 21.8. The standard InChI is InChI=1S/C30H22BrClFIN2O4S/c1-3-39-29(38)25-16(2)35-30-36(26(25)18-7-9-22(33)10-8-18)28(37)24(41-30)13-19-12-20(31)14-23(34)27(19)40-15-17-5-4-6-21(32)11-17/h4-14,26H,3,15H2,1-2H3/b24-13-/t26-/m1/s1. The van der Waals surface area contributed by atoms with E-state index in [1.54, 1.807) is 38.1 Å². The Bertz CT molecular complexity index is 1870. The summed E-state index contributed by atoms with van der Waals surface area (Å²) in [5.41, 5.74) is 2.50. The van der Waals surface area contributed by atoms with Gasteiger partial charge in [0.2, 0.25) is 0 Å². The van der Waals surface area contributed by atoms with E-state index < -0.39 is 17.8 Å². The Labute approximate surface area is 266 Å². The molecule has 1 atom stereocenters. The number of carbonyl (C=O) groups is 1. The van der Waals surface area contributed by atoms with Gasteiger partial charge in [0.1, 0.15) is 18.2 Å². The molecule has 0 amide bonds. The monoisotopic (exact) mass is 766 g/mol. The van der Waals surface area contributed by atoms with E-state index in [4.69, 9.17) is 21.1 Å². The molecule has 6 nitrogen and oxygen atoms in total. The van der Waals surface area contributed by atoms with Crippen LogP contribution in [0.2, 0.25) is 5.02 Å². The number of benzene rings is 3. The van der Waals surface area contributed by atoms with Gasteiger partial charge in [-0.3, -0.25) is 9.36 Å². The number of rotatable bonds is 7. The minimum Gasteiger partial charge on any atom is -0.487 e. The van der Waals surface area contributed by atoms with E-state index in [1.807, 2.05) is 30.3 Å². The fourth-order valence-electron chi connectivity index (χ4n) is 4.52. The van der Waals surface area contributed by atoms with Crippen molar-refractivity contribution >= 4 is 73.5 Å². The largest absolute Gasteiger partial charge is 0.487 e. The molecule has 1 aliphatic rings. The van der Waals surface area contributed by atoms with Crippen molar-refractivity contribution in [1.29, 1.82) is 0 Å². The summed E-state index contributed by atoms with van der Waals surface area (Å²) in [5.74, 6) is -0.386. The maximum Gasteiger partial charge on any atom is 0.338 e. The maximum atomic E-state index is 14.0. The lowest BCUT2D eigenvalue weighted by Gasteiger charge is -2.24. The Hall–Kier alpha value is -2.80. The van der Waals surface area contributed by atoms with Gasteiger partial charge in [-0.05, 0) is 90.0 Å². The van der Waals surface area contributed by atoms with Crippen LogP contribution in [0.4, 0.5) is 4.39 Å². The van der Waals surface area contributed by atoms with Crippen LogP contribution < -0.4 is 19.6 Å². The van der Waals surface area contributed by atoms with Gasteiger partial charge in [0.15, 0.2) is 4.80 Å². The third-order valence-electron chi connectivity index (χ3n) is 6.30. The molecule has 0 aliphatic carbocycles. The first-order valence-corrected chi connectivity index (χ1v) is 15.5. The first kappa shape index (κ1) is 29.7. The number of nitrogens with zero attached hydrogens (tertiary/aromatic N) is 2. The van der Waals surface area contributed by atoms with E-state index in [9.17, 15) is 14.0 Å². The Kier molecular flexibility index (Phi) is 9.12. The quantitative estimate of drug-likeness (QED) is 0.158. The molecule has 0 saturated heterocycles. The van der Waals surface area contributed by atoms with E-state index in [2.05, 4.69) is 43.5 Å². The summed E-state index contributed by atoms with van der Waals surface area (Å²) < 4.78 is 28.9. The first-order chi connectivity index (χ1) is 19.7. The molecule has 41 heavy (non-hydrogen) atoms. The van der Waals surface area contributed by atoms with Crippen molar-refractivity contribution in [2.24, 2.45) is 4.99 Å². The van der Waals surface area contributed by atoms with E-state index in [0.29, 0.717) is 36.9 Å². The zero-order chi connectivity index (χ0) is 29.3. The zero-order valence-corrected chi connectivity index (χ0v) is 27.1. The lowest BCUT2D eigenvalue weighted by Crippen LogP contribution is -2.39. The van der Waals surface area contributed by atoms with Gasteiger partial charge in [-0.25, -0.2) is 14.2 Å². The summed E-state index contributed by atoms with van der Waals surface area (Å²) in [6.45, 7) is 3.86. The number of aromatic nitrogens is 1. The summed E-state index contributed by atoms with van der Waals surface area (Å²) in [5, 5.41) is 0.617. The molecule has 0 unspecified atom stereocenters. The van der Waals surface area contributed by atoms with Crippen molar-refractivity contribution < 1.29 is 18.7 Å². The summed E-state index contributed by atoms with van der Waals surface area (Å²) >= 11 is 13.1. The molecule has 0 bridgehead atoms. The second-order valence-corrected chi connectivity index (χ2v) is 12.6. The van der Waals surface area contributed by atoms with Crippen molar-refractivity contribution in [3.8, 4) is 5.75 Å². The summed E-state index contributed by atoms with van der Waals surface area (Å²) in [6.07, 6.45) is 1.76. The predicted octanol–water partition coefficient (Wildman–Crippen LogP) is 6.54. The van der Waals surface area contributed by atoms with Crippen LogP contribution in [0.5, 0.6) is 5.75 Å². The molecule has 11 heteroatoms. The lowest BCUT2D eigenvalue weighted by molar-refractivity contribution is -0.139. The molecule has 5 rings (SSSR count). The number of fused-ring (bicyclic) bond motifs is 1. The molecule has 3 aromatic carbocycles. The van der Waals surface area contributed by atoms with Crippen molar-refractivity contribution in [2.45, 2.75) is 26.5 Å². The van der Waals surface area contributed by atoms with Crippen LogP contribution in [0.15, 0.2) is 86.2 Å². The summed E-state index contributed by atoms with van der Waals surface area (Å²) in [6, 6.07) is 16.1. The molecule has 1 aliphatic heterocycles. The molecular weight excluding hydrogens is 746 g/mol. The van der Waals surface area contributed by atoms with Crippen LogP contribution in [0.25, 0.3) is 6.08 Å². The number of allylic oxidation sites excluding steroid dienone is 1. The number of ether oxygens (including phenoxy) is 2. The highest BCUT2D eigenvalue weighted by Gasteiger charge is 2.33. The topological polar surface area (TPSA) is 69.9 Å². The number of esters is 1. The molecule has 210 valence electrons. The molecule has 4 aromatic rings. The van der Waals surface area contributed by atoms with Crippen LogP contribution in [-0.2, 0) is 16.1 Å². The van der Waals surface area contributed by atoms with Crippen LogP contribution in [0.3, 0.4) is 0 Å².